The van der Waals surface area contributed by atoms with Crippen LogP contribution in [0.4, 0.5) is 4.39 Å². The van der Waals surface area contributed by atoms with Crippen LogP contribution >= 0.6 is 11.3 Å². The zero-order valence-corrected chi connectivity index (χ0v) is 9.08. The van der Waals surface area contributed by atoms with Crippen molar-refractivity contribution in [1.82, 2.24) is 9.97 Å². The Morgan fingerprint density at radius 1 is 1.56 bits per heavy atom. The van der Waals surface area contributed by atoms with Crippen LogP contribution in [0.2, 0.25) is 0 Å². The molecule has 6 heteroatoms. The third-order valence-electron chi connectivity index (χ3n) is 1.89. The van der Waals surface area contributed by atoms with Crippen molar-refractivity contribution in [2.24, 2.45) is 0 Å². The van der Waals surface area contributed by atoms with E-state index in [0.29, 0.717) is 15.6 Å². The minimum atomic E-state index is -1.13. The number of carboxylic acid groups (broad SMARTS) is 1. The number of carbonyl (C=O) groups is 1. The lowest BCUT2D eigenvalue weighted by molar-refractivity contribution is 0.0692. The summed E-state index contributed by atoms with van der Waals surface area (Å²) in [7, 11) is 0. The molecule has 0 aliphatic heterocycles. The van der Waals surface area contributed by atoms with Crippen molar-refractivity contribution >= 4 is 17.3 Å². The fraction of sp³-hybridized carbons (Fsp3) is 0.100. The maximum atomic E-state index is 13.0. The molecule has 0 saturated carbocycles. The molecule has 2 aromatic heterocycles. The van der Waals surface area contributed by atoms with Crippen molar-refractivity contribution in [2.75, 3.05) is 0 Å². The van der Waals surface area contributed by atoms with E-state index in [1.165, 1.54) is 29.7 Å². The van der Waals surface area contributed by atoms with Crippen LogP contribution < -0.4 is 0 Å². The van der Waals surface area contributed by atoms with E-state index in [1.54, 1.807) is 6.92 Å². The zero-order valence-electron chi connectivity index (χ0n) is 8.27. The number of pyridine rings is 1. The van der Waals surface area contributed by atoms with Crippen LogP contribution in [0.5, 0.6) is 0 Å². The molecular formula is C10H7FN2O2S. The summed E-state index contributed by atoms with van der Waals surface area (Å²) in [6.45, 7) is 1.69. The van der Waals surface area contributed by atoms with E-state index >= 15 is 0 Å². The lowest BCUT2D eigenvalue weighted by atomic mass is 10.2. The van der Waals surface area contributed by atoms with Crippen molar-refractivity contribution < 1.29 is 14.3 Å². The Labute approximate surface area is 94.4 Å². The first-order valence-corrected chi connectivity index (χ1v) is 5.22. The summed E-state index contributed by atoms with van der Waals surface area (Å²) in [4.78, 5) is 19.1. The highest BCUT2D eigenvalue weighted by Gasteiger charge is 2.18. The molecule has 0 fully saturated rings. The number of hydrogen-bond donors (Lipinski definition) is 1. The second kappa shape index (κ2) is 3.97. The van der Waals surface area contributed by atoms with Crippen LogP contribution in [0, 0.1) is 12.7 Å². The smallest absolute Gasteiger partial charge is 0.356 e. The third kappa shape index (κ3) is 1.92. The molecule has 0 saturated heterocycles. The predicted octanol–water partition coefficient (Wildman–Crippen LogP) is 2.35. The van der Waals surface area contributed by atoms with E-state index in [4.69, 9.17) is 5.11 Å². The predicted molar refractivity (Wildman–Crippen MR) is 57.0 cm³/mol. The number of rotatable bonds is 2. The van der Waals surface area contributed by atoms with Gasteiger partial charge >= 0.3 is 5.97 Å². The van der Waals surface area contributed by atoms with E-state index in [2.05, 4.69) is 9.97 Å². The van der Waals surface area contributed by atoms with Crippen LogP contribution in [0.1, 0.15) is 15.5 Å². The van der Waals surface area contributed by atoms with Gasteiger partial charge in [-0.05, 0) is 13.0 Å². The molecule has 16 heavy (non-hydrogen) atoms. The molecule has 2 aromatic rings. The number of carboxylic acids is 1. The van der Waals surface area contributed by atoms with Crippen molar-refractivity contribution in [3.05, 3.63) is 34.8 Å². The molecule has 0 aromatic carbocycles. The standard InChI is InChI=1S/C10H7FN2O2S/c1-5-13-8(10(14)15)9(16-5)7-4-6(11)2-3-12-7/h2-4H,1H3,(H,14,15). The van der Waals surface area contributed by atoms with Crippen LogP contribution in [0.3, 0.4) is 0 Å². The van der Waals surface area contributed by atoms with E-state index in [-0.39, 0.29) is 5.69 Å². The van der Waals surface area contributed by atoms with Crippen LogP contribution in [0.15, 0.2) is 18.3 Å². The van der Waals surface area contributed by atoms with Crippen molar-refractivity contribution in [1.29, 1.82) is 0 Å². The van der Waals surface area contributed by atoms with Gasteiger partial charge in [-0.3, -0.25) is 4.98 Å². The van der Waals surface area contributed by atoms with Gasteiger partial charge < -0.3 is 5.11 Å². The summed E-state index contributed by atoms with van der Waals surface area (Å²) in [5.41, 5.74) is 0.212. The quantitative estimate of drug-likeness (QED) is 0.872. The molecule has 2 rings (SSSR count). The van der Waals surface area contributed by atoms with Gasteiger partial charge in [0.15, 0.2) is 5.69 Å². The summed E-state index contributed by atoms with van der Waals surface area (Å²) in [5, 5.41) is 9.54. The number of hydrogen-bond acceptors (Lipinski definition) is 4. The summed E-state index contributed by atoms with van der Waals surface area (Å²) in [6, 6.07) is 2.40. The highest BCUT2D eigenvalue weighted by atomic mass is 32.1. The fourth-order valence-electron chi connectivity index (χ4n) is 1.27. The molecule has 0 aliphatic rings. The number of halogens is 1. The monoisotopic (exact) mass is 238 g/mol. The molecule has 2 heterocycles. The highest BCUT2D eigenvalue weighted by molar-refractivity contribution is 7.15. The molecule has 0 atom stereocenters. The molecule has 1 N–H and O–H groups in total. The number of nitrogens with zero attached hydrogens (tertiary/aromatic N) is 2. The van der Waals surface area contributed by atoms with Gasteiger partial charge in [0, 0.05) is 12.3 Å². The van der Waals surface area contributed by atoms with Gasteiger partial charge in [0.25, 0.3) is 0 Å². The van der Waals surface area contributed by atoms with Gasteiger partial charge in [0.2, 0.25) is 0 Å². The number of thiazole rings is 1. The summed E-state index contributed by atoms with van der Waals surface area (Å²) < 4.78 is 13.0. The van der Waals surface area contributed by atoms with Gasteiger partial charge in [-0.2, -0.15) is 0 Å². The van der Waals surface area contributed by atoms with E-state index < -0.39 is 11.8 Å². The molecule has 0 unspecified atom stereocenters. The summed E-state index contributed by atoms with van der Waals surface area (Å²) in [5.74, 6) is -1.59. The zero-order chi connectivity index (χ0) is 11.7. The minimum absolute atomic E-state index is 0.0828. The molecule has 0 aliphatic carbocycles. The van der Waals surface area contributed by atoms with Crippen LogP contribution in [0.25, 0.3) is 10.6 Å². The van der Waals surface area contributed by atoms with E-state index in [1.807, 2.05) is 0 Å². The Morgan fingerprint density at radius 3 is 2.94 bits per heavy atom. The second-order valence-electron chi connectivity index (χ2n) is 3.08. The molecule has 0 bridgehead atoms. The molecule has 0 amide bonds. The number of aryl methyl sites for hydroxylation is 1. The first-order valence-electron chi connectivity index (χ1n) is 4.40. The molecular weight excluding hydrogens is 231 g/mol. The summed E-state index contributed by atoms with van der Waals surface area (Å²) >= 11 is 1.18. The summed E-state index contributed by atoms with van der Waals surface area (Å²) in [6.07, 6.45) is 1.30. The second-order valence-corrected chi connectivity index (χ2v) is 4.28. The largest absolute Gasteiger partial charge is 0.476 e. The van der Waals surface area contributed by atoms with Gasteiger partial charge in [-0.25, -0.2) is 14.2 Å². The lowest BCUT2D eigenvalue weighted by Gasteiger charge is -1.97. The van der Waals surface area contributed by atoms with Gasteiger partial charge in [-0.15, -0.1) is 11.3 Å². The molecule has 0 spiro atoms. The normalized spacial score (nSPS) is 10.4. The third-order valence-corrected chi connectivity index (χ3v) is 2.88. The van der Waals surface area contributed by atoms with Crippen LogP contribution in [-0.4, -0.2) is 21.0 Å². The average molecular weight is 238 g/mol. The Morgan fingerprint density at radius 2 is 2.31 bits per heavy atom. The topological polar surface area (TPSA) is 63.1 Å². The minimum Gasteiger partial charge on any atom is -0.476 e. The van der Waals surface area contributed by atoms with Gasteiger partial charge in [-0.1, -0.05) is 0 Å². The van der Waals surface area contributed by atoms with Gasteiger partial charge in [0.05, 0.1) is 15.6 Å². The lowest BCUT2D eigenvalue weighted by Crippen LogP contribution is -1.99. The molecule has 0 radical (unpaired) electrons. The Balaban J connectivity index is 2.59. The Kier molecular flexibility index (Phi) is 2.66. The highest BCUT2D eigenvalue weighted by Crippen LogP contribution is 2.28. The Hall–Kier alpha value is -1.82. The number of aromatic carboxylic acids is 1. The first-order chi connectivity index (χ1) is 7.58. The fourth-order valence-corrected chi connectivity index (χ4v) is 2.15. The number of aromatic nitrogens is 2. The van der Waals surface area contributed by atoms with Crippen molar-refractivity contribution in [3.63, 3.8) is 0 Å². The first kappa shape index (κ1) is 10.7. The average Bonchev–Trinajstić information content (AvgIpc) is 2.60. The maximum absolute atomic E-state index is 13.0. The Bertz CT molecular complexity index is 554. The van der Waals surface area contributed by atoms with Gasteiger partial charge in [0.1, 0.15) is 5.82 Å². The molecule has 4 nitrogen and oxygen atoms in total. The molecule has 82 valence electrons. The van der Waals surface area contributed by atoms with Crippen molar-refractivity contribution in [2.45, 2.75) is 6.92 Å². The maximum Gasteiger partial charge on any atom is 0.356 e. The van der Waals surface area contributed by atoms with E-state index in [0.717, 1.165) is 0 Å². The van der Waals surface area contributed by atoms with Crippen LogP contribution in [-0.2, 0) is 0 Å². The van der Waals surface area contributed by atoms with E-state index in [9.17, 15) is 9.18 Å². The SMILES string of the molecule is Cc1nc(C(=O)O)c(-c2cc(F)ccn2)s1. The van der Waals surface area contributed by atoms with Crippen molar-refractivity contribution in [3.8, 4) is 10.6 Å².